The number of esters is 2. The molecule has 0 aliphatic heterocycles. The third-order valence-electron chi connectivity index (χ3n) is 3.41. The summed E-state index contributed by atoms with van der Waals surface area (Å²) in [5.41, 5.74) is 2.04. The van der Waals surface area contributed by atoms with Gasteiger partial charge in [0.25, 0.3) is 5.91 Å². The molecule has 0 saturated heterocycles. The molecule has 1 amide bonds. The van der Waals surface area contributed by atoms with Gasteiger partial charge in [-0.1, -0.05) is 32.6 Å². The van der Waals surface area contributed by atoms with E-state index >= 15 is 0 Å². The molecule has 148 valence electrons. The Morgan fingerprint density at radius 1 is 0.852 bits per heavy atom. The molecule has 0 aromatic heterocycles. The number of hydrogen-bond acceptors (Lipinski definition) is 7. The Morgan fingerprint density at radius 3 is 1.93 bits per heavy atom. The van der Waals surface area contributed by atoms with Gasteiger partial charge in [-0.05, 0) is 18.6 Å². The average molecular weight is 379 g/mol. The number of hydroxylamine groups is 1. The van der Waals surface area contributed by atoms with Crippen LogP contribution in [0.3, 0.4) is 0 Å². The van der Waals surface area contributed by atoms with Crippen LogP contribution in [-0.2, 0) is 19.2 Å². The summed E-state index contributed by atoms with van der Waals surface area (Å²) in [6.45, 7) is 4.49. The molecule has 1 rings (SSSR count). The normalized spacial score (nSPS) is 10.0. The smallest absolute Gasteiger partial charge is 0.332 e. The number of nitrogens with one attached hydrogen (secondary N) is 1. The quantitative estimate of drug-likeness (QED) is 0.304. The van der Waals surface area contributed by atoms with Gasteiger partial charge >= 0.3 is 17.9 Å². The van der Waals surface area contributed by atoms with Crippen LogP contribution in [0.1, 0.15) is 69.7 Å². The van der Waals surface area contributed by atoms with Crippen molar-refractivity contribution >= 4 is 23.8 Å². The molecule has 0 bridgehead atoms. The predicted octanol–water partition coefficient (Wildman–Crippen LogP) is 3.09. The highest BCUT2D eigenvalue weighted by Gasteiger charge is 2.14. The van der Waals surface area contributed by atoms with Crippen LogP contribution in [0.15, 0.2) is 18.2 Å². The van der Waals surface area contributed by atoms with Crippen LogP contribution >= 0.6 is 0 Å². The lowest BCUT2D eigenvalue weighted by atomic mass is 10.1. The Hall–Kier alpha value is -2.90. The third-order valence-corrected chi connectivity index (χ3v) is 3.41. The number of benzene rings is 1. The number of ether oxygens (including phenoxy) is 2. The van der Waals surface area contributed by atoms with Crippen LogP contribution in [0.4, 0.5) is 0 Å². The monoisotopic (exact) mass is 379 g/mol. The van der Waals surface area contributed by atoms with E-state index in [1.54, 1.807) is 0 Å². The minimum atomic E-state index is -0.739. The van der Waals surface area contributed by atoms with Crippen molar-refractivity contribution in [1.29, 1.82) is 0 Å². The van der Waals surface area contributed by atoms with Crippen molar-refractivity contribution in [2.45, 2.75) is 59.3 Å². The predicted molar refractivity (Wildman–Crippen MR) is 96.0 cm³/mol. The van der Waals surface area contributed by atoms with Crippen molar-refractivity contribution < 1.29 is 33.5 Å². The van der Waals surface area contributed by atoms with Crippen LogP contribution in [0.2, 0.25) is 0 Å². The first-order valence-electron chi connectivity index (χ1n) is 8.83. The summed E-state index contributed by atoms with van der Waals surface area (Å²) in [4.78, 5) is 50.8. The van der Waals surface area contributed by atoms with Crippen molar-refractivity contribution in [3.63, 3.8) is 0 Å². The molecule has 0 heterocycles. The van der Waals surface area contributed by atoms with Gasteiger partial charge in [0.2, 0.25) is 0 Å². The maximum absolute atomic E-state index is 12.2. The Kier molecular flexibility index (Phi) is 9.57. The summed E-state index contributed by atoms with van der Waals surface area (Å²) in [5, 5.41) is 0. The Bertz CT molecular complexity index is 650. The largest absolute Gasteiger partial charge is 0.427 e. The van der Waals surface area contributed by atoms with E-state index in [4.69, 9.17) is 14.3 Å². The molecule has 1 aromatic rings. The van der Waals surface area contributed by atoms with E-state index < -0.39 is 23.8 Å². The van der Waals surface area contributed by atoms with Gasteiger partial charge < -0.3 is 14.3 Å². The topological polar surface area (TPSA) is 108 Å². The molecule has 0 unspecified atom stereocenters. The number of rotatable bonds is 9. The lowest BCUT2D eigenvalue weighted by Crippen LogP contribution is -2.27. The van der Waals surface area contributed by atoms with E-state index in [1.807, 2.05) is 5.48 Å². The molecule has 0 aliphatic carbocycles. The second-order valence-corrected chi connectivity index (χ2v) is 5.95. The van der Waals surface area contributed by atoms with Crippen LogP contribution in [-0.4, -0.2) is 23.8 Å². The van der Waals surface area contributed by atoms with Crippen molar-refractivity contribution in [2.24, 2.45) is 0 Å². The average Bonchev–Trinajstić information content (AvgIpc) is 2.58. The fourth-order valence-electron chi connectivity index (χ4n) is 2.24. The van der Waals surface area contributed by atoms with Crippen LogP contribution in [0.25, 0.3) is 0 Å². The maximum atomic E-state index is 12.2. The van der Waals surface area contributed by atoms with Crippen LogP contribution in [0.5, 0.6) is 11.5 Å². The fourth-order valence-corrected chi connectivity index (χ4v) is 2.24. The second kappa shape index (κ2) is 11.7. The summed E-state index contributed by atoms with van der Waals surface area (Å²) in [5.74, 6) is -2.44. The highest BCUT2D eigenvalue weighted by atomic mass is 16.7. The van der Waals surface area contributed by atoms with E-state index in [2.05, 4.69) is 6.92 Å². The van der Waals surface area contributed by atoms with Gasteiger partial charge in [0, 0.05) is 31.9 Å². The Morgan fingerprint density at radius 2 is 1.41 bits per heavy atom. The van der Waals surface area contributed by atoms with Gasteiger partial charge in [0.05, 0.1) is 0 Å². The van der Waals surface area contributed by atoms with E-state index in [1.165, 1.54) is 32.0 Å². The summed E-state index contributed by atoms with van der Waals surface area (Å²) in [7, 11) is 0. The first-order chi connectivity index (χ1) is 12.8. The fraction of sp³-hybridized carbons (Fsp3) is 0.474. The number of carbonyl (C=O) groups is 4. The zero-order valence-corrected chi connectivity index (χ0v) is 15.8. The van der Waals surface area contributed by atoms with Crippen molar-refractivity contribution in [3.05, 3.63) is 23.8 Å². The molecule has 0 saturated carbocycles. The highest BCUT2D eigenvalue weighted by molar-refractivity contribution is 5.95. The summed E-state index contributed by atoms with van der Waals surface area (Å²) in [6.07, 6.45) is 5.10. The van der Waals surface area contributed by atoms with Crippen LogP contribution in [0, 0.1) is 0 Å². The maximum Gasteiger partial charge on any atom is 0.332 e. The molecule has 0 spiro atoms. The minimum Gasteiger partial charge on any atom is -0.427 e. The van der Waals surface area contributed by atoms with Gasteiger partial charge in [-0.25, -0.2) is 4.79 Å². The third kappa shape index (κ3) is 9.39. The number of carbonyl (C=O) groups excluding carboxylic acids is 4. The Balaban J connectivity index is 2.65. The summed E-state index contributed by atoms with van der Waals surface area (Å²) >= 11 is 0. The van der Waals surface area contributed by atoms with Crippen molar-refractivity contribution in [2.75, 3.05) is 0 Å². The minimum absolute atomic E-state index is 0.000691. The molecule has 8 nitrogen and oxygen atoms in total. The van der Waals surface area contributed by atoms with Gasteiger partial charge in [0.15, 0.2) is 0 Å². The molecule has 1 aromatic carbocycles. The number of hydrogen-bond donors (Lipinski definition) is 1. The Labute approximate surface area is 158 Å². The van der Waals surface area contributed by atoms with E-state index in [0.29, 0.717) is 6.42 Å². The second-order valence-electron chi connectivity index (χ2n) is 5.95. The first kappa shape index (κ1) is 22.1. The standard InChI is InChI=1S/C19H25NO7/c1-4-5-6-7-8-9-18(23)27-20-19(24)15-10-16(25-13(2)21)12-17(11-15)26-14(3)22/h10-12H,4-9H2,1-3H3,(H,20,24). The lowest BCUT2D eigenvalue weighted by Gasteiger charge is -2.10. The van der Waals surface area contributed by atoms with Crippen molar-refractivity contribution in [1.82, 2.24) is 5.48 Å². The molecule has 0 fully saturated rings. The van der Waals surface area contributed by atoms with Gasteiger partial charge in [-0.2, -0.15) is 5.48 Å². The zero-order valence-electron chi connectivity index (χ0n) is 15.8. The van der Waals surface area contributed by atoms with Gasteiger partial charge in [-0.15, -0.1) is 0 Å². The molecule has 1 N–H and O–H groups in total. The summed E-state index contributed by atoms with van der Waals surface area (Å²) in [6, 6.07) is 3.83. The van der Waals surface area contributed by atoms with Crippen LogP contribution < -0.4 is 15.0 Å². The highest BCUT2D eigenvalue weighted by Crippen LogP contribution is 2.23. The lowest BCUT2D eigenvalue weighted by molar-refractivity contribution is -0.149. The molecule has 0 atom stereocenters. The SMILES string of the molecule is CCCCCCCC(=O)ONC(=O)c1cc(OC(C)=O)cc(OC(C)=O)c1. The van der Waals surface area contributed by atoms with Gasteiger partial charge in [-0.3, -0.25) is 14.4 Å². The molecule has 8 heteroatoms. The number of amides is 1. The molecule has 0 radical (unpaired) electrons. The van der Waals surface area contributed by atoms with E-state index in [0.717, 1.165) is 25.7 Å². The number of unbranched alkanes of at least 4 members (excludes halogenated alkanes) is 4. The van der Waals surface area contributed by atoms with Crippen molar-refractivity contribution in [3.8, 4) is 11.5 Å². The molecule has 27 heavy (non-hydrogen) atoms. The molecule has 0 aliphatic rings. The van der Waals surface area contributed by atoms with E-state index in [9.17, 15) is 19.2 Å². The molecular formula is C19H25NO7. The first-order valence-corrected chi connectivity index (χ1v) is 8.83. The summed E-state index contributed by atoms with van der Waals surface area (Å²) < 4.78 is 9.84. The zero-order chi connectivity index (χ0) is 20.2. The van der Waals surface area contributed by atoms with E-state index in [-0.39, 0.29) is 23.5 Å². The van der Waals surface area contributed by atoms with Gasteiger partial charge in [0.1, 0.15) is 11.5 Å². The molecular weight excluding hydrogens is 354 g/mol.